The van der Waals surface area contributed by atoms with Crippen LogP contribution < -0.4 is 0 Å². The Bertz CT molecular complexity index is 1050. The van der Waals surface area contributed by atoms with Gasteiger partial charge < -0.3 is 9.64 Å². The van der Waals surface area contributed by atoms with Gasteiger partial charge in [-0.3, -0.25) is 9.69 Å². The first-order valence-electron chi connectivity index (χ1n) is 11.1. The second-order valence-corrected chi connectivity index (χ2v) is 9.07. The molecule has 0 bridgehead atoms. The molecule has 1 aliphatic carbocycles. The predicted molar refractivity (Wildman–Crippen MR) is 126 cm³/mol. The van der Waals surface area contributed by atoms with E-state index in [-0.39, 0.29) is 24.0 Å². The van der Waals surface area contributed by atoms with Crippen LogP contribution in [0.1, 0.15) is 38.3 Å². The summed E-state index contributed by atoms with van der Waals surface area (Å²) in [6.07, 6.45) is 3.38. The minimum Gasteiger partial charge on any atom is -0.449 e. The van der Waals surface area contributed by atoms with Crippen molar-refractivity contribution in [3.63, 3.8) is 0 Å². The monoisotopic (exact) mass is 487 g/mol. The van der Waals surface area contributed by atoms with Crippen molar-refractivity contribution in [1.29, 1.82) is 0 Å². The average molecular weight is 488 g/mol. The predicted octanol–water partition coefficient (Wildman–Crippen LogP) is 4.54. The van der Waals surface area contributed by atoms with Crippen LogP contribution in [-0.2, 0) is 16.0 Å². The molecule has 6 nitrogen and oxygen atoms in total. The number of ether oxygens (including phenoxy) is 1. The molecule has 4 rings (SSSR count). The highest BCUT2D eigenvalue weighted by Crippen LogP contribution is 2.45. The number of amides is 1. The summed E-state index contributed by atoms with van der Waals surface area (Å²) in [5.41, 5.74) is 4.26. The summed E-state index contributed by atoms with van der Waals surface area (Å²) >= 11 is 3.69. The number of hydrogen-bond donors (Lipinski definition) is 0. The van der Waals surface area contributed by atoms with E-state index < -0.39 is 0 Å². The molecular weight excluding hydrogens is 458 g/mol. The Labute approximate surface area is 191 Å². The lowest BCUT2D eigenvalue weighted by Gasteiger charge is -2.40. The summed E-state index contributed by atoms with van der Waals surface area (Å²) in [7, 11) is 2.09. The highest BCUT2D eigenvalue weighted by molar-refractivity contribution is 9.10. The van der Waals surface area contributed by atoms with E-state index in [0.29, 0.717) is 13.2 Å². The van der Waals surface area contributed by atoms with Crippen molar-refractivity contribution in [3.8, 4) is 0 Å². The van der Waals surface area contributed by atoms with Gasteiger partial charge in [0.05, 0.1) is 22.6 Å². The van der Waals surface area contributed by atoms with Crippen molar-refractivity contribution >= 4 is 44.4 Å². The number of rotatable bonds is 5. The number of carbonyl (C=O) groups is 2. The molecule has 0 spiro atoms. The number of hydrogen-bond acceptors (Lipinski definition) is 4. The summed E-state index contributed by atoms with van der Waals surface area (Å²) < 4.78 is 7.85. The van der Waals surface area contributed by atoms with E-state index in [1.165, 1.54) is 5.57 Å². The molecule has 0 radical (unpaired) electrons. The fourth-order valence-electron chi connectivity index (χ4n) is 4.95. The normalized spacial score (nSPS) is 20.4. The van der Waals surface area contributed by atoms with Crippen molar-refractivity contribution in [2.24, 2.45) is 5.92 Å². The molecular formula is C24H30BrN3O3. The molecule has 0 N–H and O–H groups in total. The summed E-state index contributed by atoms with van der Waals surface area (Å²) in [6.45, 7) is 8.56. The van der Waals surface area contributed by atoms with Gasteiger partial charge in [0.25, 0.3) is 0 Å². The van der Waals surface area contributed by atoms with Crippen LogP contribution in [0.4, 0.5) is 4.79 Å². The summed E-state index contributed by atoms with van der Waals surface area (Å²) in [5, 5.41) is 1.08. The van der Waals surface area contributed by atoms with Gasteiger partial charge in [0.15, 0.2) is 0 Å². The standard InChI is InChI=1S/C24H30BrN3O3/c1-5-11-31-24(30)28-19-10-8-9-16-17-12-15(23(29)27(6-2)7-3)14-26(4)20(17)13-18(21(16)19)22(28)25/h8-10,12,15,20H,5-7,11,13-14H2,1-4H3. The van der Waals surface area contributed by atoms with Crippen LogP contribution in [0.25, 0.3) is 16.5 Å². The number of benzene rings is 1. The molecule has 2 aromatic rings. The number of halogens is 1. The lowest BCUT2D eigenvalue weighted by atomic mass is 9.79. The molecule has 166 valence electrons. The molecule has 1 aliphatic heterocycles. The molecule has 2 atom stereocenters. The topological polar surface area (TPSA) is 54.8 Å². The maximum Gasteiger partial charge on any atom is 0.419 e. The first-order chi connectivity index (χ1) is 14.9. The van der Waals surface area contributed by atoms with Gasteiger partial charge in [-0.1, -0.05) is 25.1 Å². The summed E-state index contributed by atoms with van der Waals surface area (Å²) in [4.78, 5) is 30.1. The zero-order valence-electron chi connectivity index (χ0n) is 18.7. The van der Waals surface area contributed by atoms with E-state index in [1.54, 1.807) is 4.57 Å². The maximum atomic E-state index is 13.1. The Morgan fingerprint density at radius 1 is 1.23 bits per heavy atom. The molecule has 1 aromatic carbocycles. The fraction of sp³-hybridized carbons (Fsp3) is 0.500. The molecule has 0 fully saturated rings. The Balaban J connectivity index is 1.83. The van der Waals surface area contributed by atoms with Crippen LogP contribution in [-0.4, -0.2) is 65.7 Å². The van der Waals surface area contributed by atoms with E-state index in [1.807, 2.05) is 37.8 Å². The minimum atomic E-state index is -0.357. The molecule has 31 heavy (non-hydrogen) atoms. The molecule has 0 saturated carbocycles. The van der Waals surface area contributed by atoms with E-state index in [4.69, 9.17) is 4.74 Å². The molecule has 2 aliphatic rings. The van der Waals surface area contributed by atoms with E-state index in [9.17, 15) is 9.59 Å². The van der Waals surface area contributed by atoms with Gasteiger partial charge in [0.2, 0.25) is 5.91 Å². The van der Waals surface area contributed by atoms with Crippen molar-refractivity contribution in [2.75, 3.05) is 33.3 Å². The van der Waals surface area contributed by atoms with E-state index in [2.05, 4.69) is 40.0 Å². The summed E-state index contributed by atoms with van der Waals surface area (Å²) in [6, 6.07) is 6.23. The highest BCUT2D eigenvalue weighted by atomic mass is 79.9. The molecule has 7 heteroatoms. The average Bonchev–Trinajstić information content (AvgIpc) is 3.06. The second kappa shape index (κ2) is 8.79. The van der Waals surface area contributed by atoms with Crippen molar-refractivity contribution in [2.45, 2.75) is 39.7 Å². The zero-order chi connectivity index (χ0) is 22.3. The minimum absolute atomic E-state index is 0.159. The van der Waals surface area contributed by atoms with Crippen molar-refractivity contribution in [3.05, 3.63) is 40.0 Å². The Morgan fingerprint density at radius 3 is 2.65 bits per heavy atom. The summed E-state index contributed by atoms with van der Waals surface area (Å²) in [5.74, 6) is 0.0238. The van der Waals surface area contributed by atoms with Crippen LogP contribution >= 0.6 is 15.9 Å². The van der Waals surface area contributed by atoms with Crippen LogP contribution in [0, 0.1) is 5.92 Å². The van der Waals surface area contributed by atoms with Gasteiger partial charge in [-0.2, -0.15) is 0 Å². The number of carbonyl (C=O) groups excluding carboxylic acids is 2. The molecule has 2 heterocycles. The second-order valence-electron chi connectivity index (χ2n) is 8.32. The smallest absolute Gasteiger partial charge is 0.419 e. The zero-order valence-corrected chi connectivity index (χ0v) is 20.2. The van der Waals surface area contributed by atoms with E-state index in [0.717, 1.165) is 52.6 Å². The Kier molecular flexibility index (Phi) is 6.26. The third-order valence-corrected chi connectivity index (χ3v) is 7.33. The largest absolute Gasteiger partial charge is 0.449 e. The van der Waals surface area contributed by atoms with Crippen LogP contribution in [0.2, 0.25) is 0 Å². The highest BCUT2D eigenvalue weighted by Gasteiger charge is 2.38. The third kappa shape index (κ3) is 3.61. The first kappa shape index (κ1) is 22.1. The molecule has 1 amide bonds. The first-order valence-corrected chi connectivity index (χ1v) is 11.9. The molecule has 2 unspecified atom stereocenters. The number of likely N-dealkylation sites (N-methyl/N-ethyl adjacent to an activating group) is 1. The van der Waals surface area contributed by atoms with Crippen LogP contribution in [0.3, 0.4) is 0 Å². The Hall–Kier alpha value is -2.12. The van der Waals surface area contributed by atoms with Crippen LogP contribution in [0.5, 0.6) is 0 Å². The third-order valence-electron chi connectivity index (χ3n) is 6.50. The SMILES string of the molecule is CCCOC(=O)n1c(Br)c2c3c(cccc31)C1=CC(C(=O)N(CC)CC)CN(C)C1C2. The quantitative estimate of drug-likeness (QED) is 0.621. The Morgan fingerprint density at radius 2 is 1.97 bits per heavy atom. The van der Waals surface area contributed by atoms with Gasteiger partial charge in [-0.15, -0.1) is 0 Å². The lowest BCUT2D eigenvalue weighted by Crippen LogP contribution is -2.47. The lowest BCUT2D eigenvalue weighted by molar-refractivity contribution is -0.134. The van der Waals surface area contributed by atoms with Gasteiger partial charge in [-0.25, -0.2) is 9.36 Å². The van der Waals surface area contributed by atoms with Crippen LogP contribution in [0.15, 0.2) is 28.9 Å². The van der Waals surface area contributed by atoms with Crippen molar-refractivity contribution < 1.29 is 14.3 Å². The van der Waals surface area contributed by atoms with Gasteiger partial charge in [0, 0.05) is 31.1 Å². The molecule has 1 aromatic heterocycles. The number of fused-ring (bicyclic) bond motifs is 2. The van der Waals surface area contributed by atoms with E-state index >= 15 is 0 Å². The van der Waals surface area contributed by atoms with Gasteiger partial charge in [-0.05, 0) is 72.4 Å². The van der Waals surface area contributed by atoms with Gasteiger partial charge in [0.1, 0.15) is 0 Å². The molecule has 0 saturated heterocycles. The number of aromatic nitrogens is 1. The van der Waals surface area contributed by atoms with Gasteiger partial charge >= 0.3 is 6.09 Å². The fourth-order valence-corrected chi connectivity index (χ4v) is 5.65. The number of nitrogens with zero attached hydrogens (tertiary/aromatic N) is 3. The maximum absolute atomic E-state index is 13.1. The van der Waals surface area contributed by atoms with Crippen molar-refractivity contribution in [1.82, 2.24) is 14.4 Å².